The molecular weight excluding hydrogens is 360 g/mol. The van der Waals surface area contributed by atoms with Gasteiger partial charge in [0.1, 0.15) is 11.7 Å². The highest BCUT2D eigenvalue weighted by atomic mass is 35.5. The first kappa shape index (κ1) is 19.0. The Hall–Kier alpha value is -2.73. The number of amidine groups is 2. The maximum atomic E-state index is 8.94. The Morgan fingerprint density at radius 3 is 2.78 bits per heavy atom. The molecule has 2 aromatic carbocycles. The Kier molecular flexibility index (Phi) is 5.86. The summed E-state index contributed by atoms with van der Waals surface area (Å²) in [7, 11) is 1.87. The van der Waals surface area contributed by atoms with Crippen LogP contribution in [0.15, 0.2) is 47.6 Å². The van der Waals surface area contributed by atoms with E-state index in [1.165, 1.54) is 0 Å². The Balaban J connectivity index is 2.01. The highest BCUT2D eigenvalue weighted by Crippen LogP contribution is 2.32. The largest absolute Gasteiger partial charge is 0.388 e. The second kappa shape index (κ2) is 8.31. The molecule has 0 radical (unpaired) electrons. The average molecular weight is 385 g/mol. The minimum Gasteiger partial charge on any atom is -0.388 e. The van der Waals surface area contributed by atoms with Gasteiger partial charge in [0.25, 0.3) is 0 Å². The molecule has 0 aromatic heterocycles. The number of hydrazone groups is 1. The molecular formula is C20H25ClN6. The average Bonchev–Trinajstić information content (AvgIpc) is 2.72. The lowest BCUT2D eigenvalue weighted by Crippen LogP contribution is -2.44. The molecule has 0 bridgehead atoms. The first-order valence-electron chi connectivity index (χ1n) is 8.99. The zero-order valence-corrected chi connectivity index (χ0v) is 16.1. The summed E-state index contributed by atoms with van der Waals surface area (Å²) in [4.78, 5) is 2.05. The first-order valence-corrected chi connectivity index (χ1v) is 9.36. The highest BCUT2D eigenvalue weighted by Gasteiger charge is 2.27. The lowest BCUT2D eigenvalue weighted by Gasteiger charge is -2.35. The van der Waals surface area contributed by atoms with Crippen LogP contribution in [0.5, 0.6) is 0 Å². The number of nitrogens with one attached hydrogen (secondary N) is 2. The van der Waals surface area contributed by atoms with E-state index in [0.29, 0.717) is 23.2 Å². The fourth-order valence-corrected chi connectivity index (χ4v) is 3.79. The normalized spacial score (nSPS) is 17.6. The second-order valence-corrected chi connectivity index (χ2v) is 7.11. The van der Waals surface area contributed by atoms with Gasteiger partial charge >= 0.3 is 0 Å². The zero-order valence-electron chi connectivity index (χ0n) is 15.4. The molecule has 6 N–H and O–H groups in total. The predicted molar refractivity (Wildman–Crippen MR) is 113 cm³/mol. The van der Waals surface area contributed by atoms with E-state index in [0.717, 1.165) is 41.8 Å². The molecule has 142 valence electrons. The molecule has 1 aliphatic rings. The van der Waals surface area contributed by atoms with Crippen LogP contribution in [0.25, 0.3) is 11.1 Å². The van der Waals surface area contributed by atoms with Gasteiger partial charge in [-0.2, -0.15) is 5.10 Å². The molecule has 1 aliphatic heterocycles. The van der Waals surface area contributed by atoms with Crippen LogP contribution in [0.1, 0.15) is 18.4 Å². The number of nitrogens with two attached hydrogens (primary N) is 2. The van der Waals surface area contributed by atoms with Crippen molar-refractivity contribution in [3.63, 3.8) is 0 Å². The van der Waals surface area contributed by atoms with Gasteiger partial charge < -0.3 is 21.8 Å². The molecule has 0 saturated carbocycles. The number of rotatable bonds is 4. The summed E-state index contributed by atoms with van der Waals surface area (Å²) in [5, 5.41) is 16.5. The summed E-state index contributed by atoms with van der Waals surface area (Å²) >= 11 is 6.20. The number of likely N-dealkylation sites (tertiary alicyclic amines) is 1. The van der Waals surface area contributed by atoms with E-state index in [-0.39, 0.29) is 5.92 Å². The van der Waals surface area contributed by atoms with Gasteiger partial charge in [-0.1, -0.05) is 35.9 Å². The molecule has 1 unspecified atom stereocenters. The number of benzene rings is 2. The smallest absolute Gasteiger partial charge is 0.130 e. The van der Waals surface area contributed by atoms with E-state index >= 15 is 0 Å². The van der Waals surface area contributed by atoms with Gasteiger partial charge in [-0.3, -0.25) is 5.41 Å². The summed E-state index contributed by atoms with van der Waals surface area (Å²) in [6.07, 6.45) is 1.88. The molecule has 0 aliphatic carbocycles. The Morgan fingerprint density at radius 2 is 2.07 bits per heavy atom. The fraction of sp³-hybridized carbons (Fsp3) is 0.300. The van der Waals surface area contributed by atoms with E-state index in [4.69, 9.17) is 28.6 Å². The molecule has 27 heavy (non-hydrogen) atoms. The third-order valence-corrected chi connectivity index (χ3v) is 5.25. The van der Waals surface area contributed by atoms with Crippen molar-refractivity contribution < 1.29 is 0 Å². The van der Waals surface area contributed by atoms with Gasteiger partial charge in [-0.15, -0.1) is 0 Å². The van der Waals surface area contributed by atoms with Gasteiger partial charge in [-0.25, -0.2) is 0 Å². The van der Waals surface area contributed by atoms with Crippen LogP contribution in [0.2, 0.25) is 5.02 Å². The topological polar surface area (TPSA) is 104 Å². The van der Waals surface area contributed by atoms with Crippen molar-refractivity contribution in [2.45, 2.75) is 12.8 Å². The number of hydrogen-bond acceptors (Lipinski definition) is 4. The van der Waals surface area contributed by atoms with Gasteiger partial charge in [0.15, 0.2) is 0 Å². The Labute approximate surface area is 164 Å². The maximum Gasteiger partial charge on any atom is 0.130 e. The van der Waals surface area contributed by atoms with Crippen molar-refractivity contribution in [3.8, 4) is 11.1 Å². The van der Waals surface area contributed by atoms with Gasteiger partial charge in [0, 0.05) is 42.3 Å². The maximum absolute atomic E-state index is 8.94. The van der Waals surface area contributed by atoms with Crippen LogP contribution >= 0.6 is 11.6 Å². The molecule has 1 atom stereocenters. The minimum absolute atomic E-state index is 0.0699. The van der Waals surface area contributed by atoms with E-state index < -0.39 is 0 Å². The number of halogens is 1. The van der Waals surface area contributed by atoms with E-state index in [2.05, 4.69) is 15.3 Å². The summed E-state index contributed by atoms with van der Waals surface area (Å²) in [6, 6.07) is 13.7. The summed E-state index contributed by atoms with van der Waals surface area (Å²) in [5.41, 5.74) is 9.65. The highest BCUT2D eigenvalue weighted by molar-refractivity contribution is 6.30. The standard InChI is InChI=1S/C20H25ClN6/c1-25-17-9-3-8-16(13-5-2-7-15(21)11-13)18(17)20(23)27-10-4-6-14(12-27)19(22)26-24/h2-3,5,7-9,11,14,23,25H,4,6,10,12,24H2,1H3,(H2,22,26). The van der Waals surface area contributed by atoms with Crippen LogP contribution in [-0.2, 0) is 0 Å². The van der Waals surface area contributed by atoms with E-state index in [1.807, 2.05) is 49.5 Å². The fourth-order valence-electron chi connectivity index (χ4n) is 3.60. The number of hydrogen-bond donors (Lipinski definition) is 4. The van der Waals surface area contributed by atoms with Crippen molar-refractivity contribution in [3.05, 3.63) is 53.1 Å². The molecule has 0 amide bonds. The van der Waals surface area contributed by atoms with E-state index in [9.17, 15) is 0 Å². The lowest BCUT2D eigenvalue weighted by atomic mass is 9.93. The quantitative estimate of drug-likeness (QED) is 0.281. The number of anilines is 1. The lowest BCUT2D eigenvalue weighted by molar-refractivity contribution is 0.303. The van der Waals surface area contributed by atoms with Gasteiger partial charge in [0.05, 0.1) is 0 Å². The molecule has 2 aromatic rings. The zero-order chi connectivity index (χ0) is 19.4. The second-order valence-electron chi connectivity index (χ2n) is 6.68. The SMILES string of the molecule is CNc1cccc(-c2cccc(Cl)c2)c1C(=N)N1CCCC(/C(N)=N/N)C1. The third-order valence-electron chi connectivity index (χ3n) is 5.01. The van der Waals surface area contributed by atoms with Crippen molar-refractivity contribution >= 4 is 29.0 Å². The number of piperidine rings is 1. The molecule has 3 rings (SSSR count). The van der Waals surface area contributed by atoms with Crippen molar-refractivity contribution in [2.24, 2.45) is 22.6 Å². The minimum atomic E-state index is 0.0699. The van der Waals surface area contributed by atoms with Gasteiger partial charge in [0.2, 0.25) is 0 Å². The molecule has 1 saturated heterocycles. The molecule has 1 fully saturated rings. The van der Waals surface area contributed by atoms with Crippen molar-refractivity contribution in [2.75, 3.05) is 25.5 Å². The van der Waals surface area contributed by atoms with Crippen LogP contribution in [0.4, 0.5) is 5.69 Å². The van der Waals surface area contributed by atoms with Crippen molar-refractivity contribution in [1.82, 2.24) is 4.90 Å². The summed E-state index contributed by atoms with van der Waals surface area (Å²) in [5.74, 6) is 6.34. The summed E-state index contributed by atoms with van der Waals surface area (Å²) < 4.78 is 0. The first-order chi connectivity index (χ1) is 13.0. The monoisotopic (exact) mass is 384 g/mol. The summed E-state index contributed by atoms with van der Waals surface area (Å²) in [6.45, 7) is 1.44. The van der Waals surface area contributed by atoms with Crippen LogP contribution in [-0.4, -0.2) is 36.7 Å². The van der Waals surface area contributed by atoms with Crippen molar-refractivity contribution in [1.29, 1.82) is 5.41 Å². The molecule has 7 heteroatoms. The van der Waals surface area contributed by atoms with Crippen LogP contribution < -0.4 is 16.9 Å². The molecule has 1 heterocycles. The third kappa shape index (κ3) is 4.01. The predicted octanol–water partition coefficient (Wildman–Crippen LogP) is 3.32. The van der Waals surface area contributed by atoms with Crippen LogP contribution in [0.3, 0.4) is 0 Å². The van der Waals surface area contributed by atoms with Gasteiger partial charge in [-0.05, 0) is 42.2 Å². The number of nitrogens with zero attached hydrogens (tertiary/aromatic N) is 2. The Morgan fingerprint density at radius 1 is 1.30 bits per heavy atom. The van der Waals surface area contributed by atoms with Crippen LogP contribution in [0, 0.1) is 11.3 Å². The molecule has 0 spiro atoms. The Bertz CT molecular complexity index is 863. The van der Waals surface area contributed by atoms with E-state index in [1.54, 1.807) is 0 Å². The molecule has 6 nitrogen and oxygen atoms in total.